The molecule has 3 aliphatic heterocycles. The fraction of sp³-hybridized carbons (Fsp3) is 0.600. The minimum atomic E-state index is -5.14. The number of phosphoric ester groups is 1. The molecule has 0 aromatic rings. The van der Waals surface area contributed by atoms with Crippen molar-refractivity contribution in [1.29, 1.82) is 0 Å². The van der Waals surface area contributed by atoms with E-state index in [1.165, 1.54) is 11.2 Å². The number of nitrogens with zero attached hydrogens (tertiary/aromatic N) is 4. The van der Waals surface area contributed by atoms with Crippen LogP contribution < -0.4 is 68.9 Å². The number of aliphatic imine (C=N–C) groups is 3. The first-order chi connectivity index (χ1) is 10.3. The van der Waals surface area contributed by atoms with Crippen LogP contribution >= 0.6 is 7.82 Å². The molecule has 3 heterocycles. The summed E-state index contributed by atoms with van der Waals surface area (Å²) in [5.41, 5.74) is 0. The quantitative estimate of drug-likeness (QED) is 0.374. The Bertz CT molecular complexity index is 624. The molecule has 0 bridgehead atoms. The Morgan fingerprint density at radius 1 is 1.46 bits per heavy atom. The van der Waals surface area contributed by atoms with Gasteiger partial charge in [0.15, 0.2) is 6.04 Å². The number of carbonyl (C=O) groups is 1. The molecule has 0 aliphatic carbocycles. The molecule has 1 unspecified atom stereocenters. The van der Waals surface area contributed by atoms with E-state index >= 15 is 0 Å². The molecule has 14 heteroatoms. The van der Waals surface area contributed by atoms with Crippen LogP contribution in [0.5, 0.6) is 0 Å². The van der Waals surface area contributed by atoms with Gasteiger partial charge in [-0.1, -0.05) is 0 Å². The SMILES string of the molecule is O=C1N=CN=C2C1N=CN2[C@H]1C[C@H](O)[C@@H](COP(=O)([O-])[O-])O1.[Na+].[Na+]. The maximum absolute atomic E-state index is 11.5. The third-order valence-corrected chi connectivity index (χ3v) is 3.83. The van der Waals surface area contributed by atoms with Crippen LogP contribution in [0, 0.1) is 0 Å². The molecule has 3 aliphatic rings. The zero-order chi connectivity index (χ0) is 15.9. The molecule has 0 aromatic carbocycles. The van der Waals surface area contributed by atoms with E-state index in [2.05, 4.69) is 19.5 Å². The second-order valence-electron chi connectivity index (χ2n) is 4.82. The minimum absolute atomic E-state index is 0. The predicted molar refractivity (Wildman–Crippen MR) is 67.9 cm³/mol. The molecule has 120 valence electrons. The van der Waals surface area contributed by atoms with E-state index in [0.717, 1.165) is 6.34 Å². The van der Waals surface area contributed by atoms with Gasteiger partial charge in [0.1, 0.15) is 24.5 Å². The van der Waals surface area contributed by atoms with Gasteiger partial charge in [0.05, 0.1) is 26.9 Å². The van der Waals surface area contributed by atoms with Crippen LogP contribution in [0.15, 0.2) is 15.0 Å². The van der Waals surface area contributed by atoms with Crippen LogP contribution in [-0.4, -0.2) is 65.5 Å². The zero-order valence-electron chi connectivity index (χ0n) is 13.0. The number of carbonyl (C=O) groups excluding carboxylic acids is 1. The molecular weight excluding hydrogens is 365 g/mol. The molecule has 4 atom stereocenters. The summed E-state index contributed by atoms with van der Waals surface area (Å²) < 4.78 is 20.0. The molecule has 0 spiro atoms. The number of phosphoric acid groups is 1. The zero-order valence-corrected chi connectivity index (χ0v) is 17.9. The van der Waals surface area contributed by atoms with Gasteiger partial charge in [-0.3, -0.25) is 14.7 Å². The van der Waals surface area contributed by atoms with Crippen LogP contribution in [-0.2, 0) is 18.6 Å². The van der Waals surface area contributed by atoms with Gasteiger partial charge in [-0.15, -0.1) is 0 Å². The fourth-order valence-electron chi connectivity index (χ4n) is 2.36. The number of fused-ring (bicyclic) bond motifs is 1. The van der Waals surface area contributed by atoms with Gasteiger partial charge in [0.25, 0.3) is 5.91 Å². The summed E-state index contributed by atoms with van der Waals surface area (Å²) in [4.78, 5) is 45.4. The first kappa shape index (κ1) is 22.6. The number of rotatable bonds is 4. The summed E-state index contributed by atoms with van der Waals surface area (Å²) in [7, 11) is -5.14. The van der Waals surface area contributed by atoms with Crippen molar-refractivity contribution in [2.75, 3.05) is 6.61 Å². The first-order valence-corrected chi connectivity index (χ1v) is 7.77. The third-order valence-electron chi connectivity index (χ3n) is 3.37. The predicted octanol–water partition coefficient (Wildman–Crippen LogP) is -9.00. The number of aliphatic hydroxyl groups is 1. The van der Waals surface area contributed by atoms with Gasteiger partial charge in [-0.25, -0.2) is 4.99 Å². The van der Waals surface area contributed by atoms with E-state index in [0.29, 0.717) is 5.84 Å². The van der Waals surface area contributed by atoms with Crippen molar-refractivity contribution >= 4 is 32.2 Å². The molecule has 3 rings (SSSR count). The molecule has 0 saturated carbocycles. The van der Waals surface area contributed by atoms with Crippen LogP contribution in [0.25, 0.3) is 0 Å². The summed E-state index contributed by atoms with van der Waals surface area (Å²) in [6.07, 6.45) is -0.151. The van der Waals surface area contributed by atoms with Crippen molar-refractivity contribution in [3.05, 3.63) is 0 Å². The number of ether oxygens (including phenoxy) is 1. The molecule has 1 amide bonds. The number of hydrogen-bond donors (Lipinski definition) is 1. The topological polar surface area (TPSA) is 159 Å². The van der Waals surface area contributed by atoms with Gasteiger partial charge in [-0.05, 0) is 0 Å². The van der Waals surface area contributed by atoms with Gasteiger partial charge in [0, 0.05) is 6.42 Å². The van der Waals surface area contributed by atoms with Gasteiger partial charge >= 0.3 is 59.1 Å². The number of amidine groups is 1. The van der Waals surface area contributed by atoms with Crippen LogP contribution in [0.3, 0.4) is 0 Å². The van der Waals surface area contributed by atoms with Gasteiger partial charge in [0.2, 0.25) is 0 Å². The van der Waals surface area contributed by atoms with Crippen molar-refractivity contribution in [2.24, 2.45) is 15.0 Å². The van der Waals surface area contributed by atoms with Crippen molar-refractivity contribution in [2.45, 2.75) is 30.9 Å². The van der Waals surface area contributed by atoms with Crippen molar-refractivity contribution in [3.8, 4) is 0 Å². The molecule has 1 fully saturated rings. The average molecular weight is 376 g/mol. The molecular formula is C10H11N4Na2O7P. The minimum Gasteiger partial charge on any atom is -0.790 e. The van der Waals surface area contributed by atoms with Crippen molar-refractivity contribution < 1.29 is 92.6 Å². The Morgan fingerprint density at radius 3 is 2.83 bits per heavy atom. The summed E-state index contributed by atoms with van der Waals surface area (Å²) >= 11 is 0. The molecule has 0 aromatic heterocycles. The van der Waals surface area contributed by atoms with E-state index in [9.17, 15) is 24.3 Å². The monoisotopic (exact) mass is 376 g/mol. The van der Waals surface area contributed by atoms with Gasteiger partial charge < -0.3 is 28.7 Å². The summed E-state index contributed by atoms with van der Waals surface area (Å²) in [5, 5.41) is 9.86. The molecule has 11 nitrogen and oxygen atoms in total. The molecule has 1 saturated heterocycles. The number of amides is 1. The fourth-order valence-corrected chi connectivity index (χ4v) is 2.68. The standard InChI is InChI=1S/C10H13N4O7P.2Na/c15-5-1-7(21-6(5)2-20-22(17,18)19)14-4-13-8-9(14)11-3-12-10(8)16;;/h3-8,15H,1-2H2,(H2,17,18,19);;/q;2*+1/p-2/t5-,6+,7+,8?;;/m0../s1. The third kappa shape index (κ3) is 5.03. The second kappa shape index (κ2) is 8.94. The Hall–Kier alpha value is 0.510. The Morgan fingerprint density at radius 2 is 2.17 bits per heavy atom. The first-order valence-electron chi connectivity index (χ1n) is 6.31. The Labute approximate surface area is 181 Å². The molecule has 0 radical (unpaired) electrons. The Kier molecular flexibility index (Phi) is 8.40. The van der Waals surface area contributed by atoms with Gasteiger partial charge in [-0.2, -0.15) is 4.99 Å². The van der Waals surface area contributed by atoms with Crippen LogP contribution in [0.1, 0.15) is 6.42 Å². The average Bonchev–Trinajstić information content (AvgIpc) is 3.00. The largest absolute Gasteiger partial charge is 1.00 e. The maximum atomic E-state index is 11.5. The maximum Gasteiger partial charge on any atom is 1.00 e. The summed E-state index contributed by atoms with van der Waals surface area (Å²) in [6, 6.07) is -0.829. The van der Waals surface area contributed by atoms with Crippen LogP contribution in [0.4, 0.5) is 0 Å². The smallest absolute Gasteiger partial charge is 0.790 e. The van der Waals surface area contributed by atoms with E-state index in [4.69, 9.17) is 4.74 Å². The molecule has 24 heavy (non-hydrogen) atoms. The van der Waals surface area contributed by atoms with Crippen LogP contribution in [0.2, 0.25) is 0 Å². The van der Waals surface area contributed by atoms with E-state index in [1.54, 1.807) is 0 Å². The molecule has 1 N–H and O–H groups in total. The number of aliphatic hydroxyl groups excluding tert-OH is 1. The normalized spacial score (nSPS) is 31.4. The van der Waals surface area contributed by atoms with E-state index in [1.807, 2.05) is 0 Å². The van der Waals surface area contributed by atoms with E-state index < -0.39 is 44.8 Å². The summed E-state index contributed by atoms with van der Waals surface area (Å²) in [6.45, 7) is -0.580. The second-order valence-corrected chi connectivity index (χ2v) is 5.97. The van der Waals surface area contributed by atoms with Crippen molar-refractivity contribution in [3.63, 3.8) is 0 Å². The Balaban J connectivity index is 0.00000144. The summed E-state index contributed by atoms with van der Waals surface area (Å²) in [5.74, 6) is -0.141. The number of hydrogen-bond acceptors (Lipinski definition) is 10. The van der Waals surface area contributed by atoms with E-state index in [-0.39, 0.29) is 65.5 Å². The van der Waals surface area contributed by atoms with Crippen molar-refractivity contribution in [1.82, 2.24) is 4.90 Å².